The summed E-state index contributed by atoms with van der Waals surface area (Å²) in [6.07, 6.45) is 44.5. The number of carbonyl (C=O) groups is 2. The second-order valence-electron chi connectivity index (χ2n) is 15.8. The van der Waals surface area contributed by atoms with Crippen LogP contribution in [0, 0.1) is 5.92 Å². The molecule has 1 unspecified atom stereocenters. The molecule has 0 amide bonds. The Balaban J connectivity index is 3.35. The van der Waals surface area contributed by atoms with E-state index in [9.17, 15) is 14.7 Å². The van der Waals surface area contributed by atoms with E-state index < -0.39 is 6.10 Å². The van der Waals surface area contributed by atoms with Crippen molar-refractivity contribution in [2.75, 3.05) is 13.2 Å². The SMILES string of the molecule is CCCCCCCCCCCCCCCCC(=O)OC[C@H](O)COC(=O)CCCCCCCCCCCCCCCCCCCCC(C)CC. The van der Waals surface area contributed by atoms with Crippen molar-refractivity contribution in [2.24, 2.45) is 5.92 Å². The quantitative estimate of drug-likeness (QED) is 0.0505. The van der Waals surface area contributed by atoms with Crippen molar-refractivity contribution < 1.29 is 24.2 Å². The first-order chi connectivity index (χ1) is 24.5. The van der Waals surface area contributed by atoms with Crippen molar-refractivity contribution in [1.29, 1.82) is 0 Å². The summed E-state index contributed by atoms with van der Waals surface area (Å²) in [5.74, 6) is 0.369. The number of rotatable bonds is 41. The number of aliphatic hydroxyl groups is 1. The lowest BCUT2D eigenvalue weighted by Crippen LogP contribution is -2.25. The molecule has 5 heteroatoms. The second-order valence-corrected chi connectivity index (χ2v) is 15.8. The van der Waals surface area contributed by atoms with E-state index in [2.05, 4.69) is 20.8 Å². The van der Waals surface area contributed by atoms with Gasteiger partial charge in [-0.05, 0) is 18.8 Å². The fraction of sp³-hybridized carbons (Fsp3) is 0.956. The van der Waals surface area contributed by atoms with Crippen molar-refractivity contribution in [2.45, 2.75) is 258 Å². The molecule has 2 atom stereocenters. The van der Waals surface area contributed by atoms with Gasteiger partial charge >= 0.3 is 11.9 Å². The molecule has 0 fully saturated rings. The summed E-state index contributed by atoms with van der Waals surface area (Å²) in [5.41, 5.74) is 0. The molecular weight excluding hydrogens is 620 g/mol. The molecule has 0 aromatic heterocycles. The third-order valence-electron chi connectivity index (χ3n) is 10.6. The highest BCUT2D eigenvalue weighted by molar-refractivity contribution is 5.69. The molecule has 0 rings (SSSR count). The lowest BCUT2D eigenvalue weighted by molar-refractivity contribution is -0.152. The molecule has 0 aliphatic carbocycles. The molecule has 1 N–H and O–H groups in total. The van der Waals surface area contributed by atoms with Crippen molar-refractivity contribution >= 4 is 11.9 Å². The summed E-state index contributed by atoms with van der Waals surface area (Å²) in [6.45, 7) is 6.74. The third-order valence-corrected chi connectivity index (χ3v) is 10.6. The summed E-state index contributed by atoms with van der Waals surface area (Å²) in [6, 6.07) is 0. The van der Waals surface area contributed by atoms with Crippen LogP contribution >= 0.6 is 0 Å². The van der Waals surface area contributed by atoms with E-state index in [0.717, 1.165) is 31.6 Å². The molecule has 0 radical (unpaired) electrons. The Morgan fingerprint density at radius 1 is 0.420 bits per heavy atom. The van der Waals surface area contributed by atoms with Crippen LogP contribution in [0.3, 0.4) is 0 Å². The zero-order valence-electron chi connectivity index (χ0n) is 34.1. The fourth-order valence-electron chi connectivity index (χ4n) is 6.83. The van der Waals surface area contributed by atoms with Gasteiger partial charge in [-0.1, -0.05) is 226 Å². The monoisotopic (exact) mass is 709 g/mol. The zero-order chi connectivity index (χ0) is 36.6. The van der Waals surface area contributed by atoms with E-state index in [-0.39, 0.29) is 25.2 Å². The summed E-state index contributed by atoms with van der Waals surface area (Å²) >= 11 is 0. The van der Waals surface area contributed by atoms with Gasteiger partial charge in [0.15, 0.2) is 0 Å². The molecule has 0 aromatic rings. The van der Waals surface area contributed by atoms with Gasteiger partial charge in [-0.2, -0.15) is 0 Å². The molecule has 0 heterocycles. The first-order valence-corrected chi connectivity index (χ1v) is 22.5. The minimum absolute atomic E-state index is 0.107. The summed E-state index contributed by atoms with van der Waals surface area (Å²) < 4.78 is 10.4. The average molecular weight is 709 g/mol. The van der Waals surface area contributed by atoms with E-state index in [4.69, 9.17) is 9.47 Å². The van der Waals surface area contributed by atoms with Crippen LogP contribution in [0.25, 0.3) is 0 Å². The van der Waals surface area contributed by atoms with Crippen LogP contribution in [0.5, 0.6) is 0 Å². The van der Waals surface area contributed by atoms with Crippen LogP contribution < -0.4 is 0 Å². The average Bonchev–Trinajstić information content (AvgIpc) is 3.12. The molecule has 0 aromatic carbocycles. The number of hydrogen-bond acceptors (Lipinski definition) is 5. The summed E-state index contributed by atoms with van der Waals surface area (Å²) in [5, 5.41) is 10.0. The van der Waals surface area contributed by atoms with Crippen molar-refractivity contribution in [3.05, 3.63) is 0 Å². The van der Waals surface area contributed by atoms with Crippen LogP contribution in [-0.2, 0) is 19.1 Å². The topological polar surface area (TPSA) is 72.8 Å². The van der Waals surface area contributed by atoms with Crippen LogP contribution in [0.15, 0.2) is 0 Å². The Bertz CT molecular complexity index is 695. The minimum Gasteiger partial charge on any atom is -0.463 e. The van der Waals surface area contributed by atoms with Gasteiger partial charge in [0.1, 0.15) is 19.3 Å². The minimum atomic E-state index is -0.955. The largest absolute Gasteiger partial charge is 0.463 e. The number of aliphatic hydroxyl groups excluding tert-OH is 1. The smallest absolute Gasteiger partial charge is 0.305 e. The van der Waals surface area contributed by atoms with Gasteiger partial charge < -0.3 is 14.6 Å². The lowest BCUT2D eigenvalue weighted by Gasteiger charge is -2.12. The maximum atomic E-state index is 12.0. The van der Waals surface area contributed by atoms with E-state index in [1.54, 1.807) is 0 Å². The van der Waals surface area contributed by atoms with Gasteiger partial charge in [-0.15, -0.1) is 0 Å². The summed E-state index contributed by atoms with van der Waals surface area (Å²) in [4.78, 5) is 24.0. The van der Waals surface area contributed by atoms with Gasteiger partial charge in [0.2, 0.25) is 0 Å². The van der Waals surface area contributed by atoms with Crippen LogP contribution in [0.4, 0.5) is 0 Å². The number of esters is 2. The number of hydrogen-bond donors (Lipinski definition) is 1. The van der Waals surface area contributed by atoms with Gasteiger partial charge in [-0.25, -0.2) is 0 Å². The second kappa shape index (κ2) is 40.7. The Labute approximate surface area is 312 Å². The first-order valence-electron chi connectivity index (χ1n) is 22.5. The summed E-state index contributed by atoms with van der Waals surface area (Å²) in [7, 11) is 0. The van der Waals surface area contributed by atoms with Gasteiger partial charge in [0, 0.05) is 12.8 Å². The Morgan fingerprint density at radius 3 is 0.960 bits per heavy atom. The lowest BCUT2D eigenvalue weighted by atomic mass is 9.99. The molecule has 0 saturated carbocycles. The van der Waals surface area contributed by atoms with Crippen LogP contribution in [0.1, 0.15) is 252 Å². The highest BCUT2D eigenvalue weighted by Crippen LogP contribution is 2.17. The Hall–Kier alpha value is -1.10. The van der Waals surface area contributed by atoms with E-state index in [0.29, 0.717) is 12.8 Å². The normalized spacial score (nSPS) is 12.6. The molecule has 0 spiro atoms. The predicted molar refractivity (Wildman–Crippen MR) is 215 cm³/mol. The van der Waals surface area contributed by atoms with Gasteiger partial charge in [0.05, 0.1) is 0 Å². The number of carbonyl (C=O) groups excluding carboxylic acids is 2. The molecular formula is C45H88O5. The van der Waals surface area contributed by atoms with Crippen LogP contribution in [-0.4, -0.2) is 36.4 Å². The number of unbranched alkanes of at least 4 members (excludes halogenated alkanes) is 30. The van der Waals surface area contributed by atoms with Crippen LogP contribution in [0.2, 0.25) is 0 Å². The molecule has 0 aliphatic heterocycles. The van der Waals surface area contributed by atoms with Crippen molar-refractivity contribution in [1.82, 2.24) is 0 Å². The molecule has 0 saturated heterocycles. The van der Waals surface area contributed by atoms with E-state index in [1.165, 1.54) is 193 Å². The zero-order valence-corrected chi connectivity index (χ0v) is 34.1. The molecule has 0 bridgehead atoms. The van der Waals surface area contributed by atoms with E-state index >= 15 is 0 Å². The van der Waals surface area contributed by atoms with Crippen molar-refractivity contribution in [3.63, 3.8) is 0 Å². The fourth-order valence-corrected chi connectivity index (χ4v) is 6.83. The standard InChI is InChI=1S/C45H88O5/c1-4-6-7-8-9-10-11-12-20-23-26-29-32-35-38-44(47)49-40-43(46)41-50-45(48)39-36-33-30-27-24-21-18-16-14-13-15-17-19-22-25-28-31-34-37-42(3)5-2/h42-43,46H,4-41H2,1-3H3/t42?,43-/m0/s1. The van der Waals surface area contributed by atoms with Gasteiger partial charge in [0.25, 0.3) is 0 Å². The Morgan fingerprint density at radius 2 is 0.680 bits per heavy atom. The Kier molecular flexibility index (Phi) is 39.8. The van der Waals surface area contributed by atoms with E-state index in [1.807, 2.05) is 0 Å². The third kappa shape index (κ3) is 39.7. The number of ether oxygens (including phenoxy) is 2. The highest BCUT2D eigenvalue weighted by Gasteiger charge is 2.12. The predicted octanol–water partition coefficient (Wildman–Crippen LogP) is 14.2. The first kappa shape index (κ1) is 48.9. The molecule has 298 valence electrons. The van der Waals surface area contributed by atoms with Crippen molar-refractivity contribution in [3.8, 4) is 0 Å². The maximum absolute atomic E-state index is 12.0. The van der Waals surface area contributed by atoms with Gasteiger partial charge in [-0.3, -0.25) is 9.59 Å². The molecule has 5 nitrogen and oxygen atoms in total. The highest BCUT2D eigenvalue weighted by atomic mass is 16.6. The maximum Gasteiger partial charge on any atom is 0.305 e. The molecule has 0 aliphatic rings. The molecule has 50 heavy (non-hydrogen) atoms.